The van der Waals surface area contributed by atoms with Crippen molar-refractivity contribution in [1.82, 2.24) is 10.2 Å². The molecule has 2 fully saturated rings. The molecule has 98 valence electrons. The second-order valence-corrected chi connectivity index (χ2v) is 5.14. The van der Waals surface area contributed by atoms with E-state index in [1.54, 1.807) is 0 Å². The van der Waals surface area contributed by atoms with Crippen molar-refractivity contribution in [3.05, 3.63) is 0 Å². The predicted molar refractivity (Wildman–Crippen MR) is 66.8 cm³/mol. The summed E-state index contributed by atoms with van der Waals surface area (Å²) in [6, 6.07) is 0.444. The summed E-state index contributed by atoms with van der Waals surface area (Å²) < 4.78 is 5.55. The summed E-state index contributed by atoms with van der Waals surface area (Å²) in [6.07, 6.45) is 4.39. The van der Waals surface area contributed by atoms with Gasteiger partial charge in [-0.2, -0.15) is 0 Å². The van der Waals surface area contributed by atoms with E-state index in [9.17, 15) is 4.79 Å². The van der Waals surface area contributed by atoms with Crippen molar-refractivity contribution >= 4 is 5.91 Å². The molecule has 0 aromatic heterocycles. The minimum absolute atomic E-state index is 0.0481. The molecule has 2 saturated heterocycles. The third-order valence-corrected chi connectivity index (χ3v) is 3.82. The number of nitrogens with zero attached hydrogens (tertiary/aromatic N) is 1. The molecule has 0 bridgehead atoms. The zero-order valence-electron chi connectivity index (χ0n) is 10.9. The number of piperidine rings is 1. The second kappa shape index (κ2) is 5.83. The zero-order valence-corrected chi connectivity index (χ0v) is 10.9. The Morgan fingerprint density at radius 2 is 2.29 bits per heavy atom. The summed E-state index contributed by atoms with van der Waals surface area (Å²) in [5.41, 5.74) is 0. The molecule has 1 amide bonds. The van der Waals surface area contributed by atoms with Gasteiger partial charge in [0.25, 0.3) is 0 Å². The van der Waals surface area contributed by atoms with Crippen LogP contribution in [0.4, 0.5) is 0 Å². The maximum atomic E-state index is 12.3. The summed E-state index contributed by atoms with van der Waals surface area (Å²) in [7, 11) is 0. The van der Waals surface area contributed by atoms with Crippen molar-refractivity contribution in [3.8, 4) is 0 Å². The molecule has 1 N–H and O–H groups in total. The van der Waals surface area contributed by atoms with Crippen LogP contribution in [0.1, 0.15) is 39.5 Å². The van der Waals surface area contributed by atoms with Crippen LogP contribution in [0.3, 0.4) is 0 Å². The van der Waals surface area contributed by atoms with Crippen LogP contribution in [-0.2, 0) is 9.53 Å². The standard InChI is InChI=1S/C13H24N2O2/c1-3-14-12-5-4-7-15(13(12)16)11-6-8-17-10(2)9-11/h10-12,14H,3-9H2,1-2H3. The number of rotatable bonds is 3. The Labute approximate surface area is 104 Å². The van der Waals surface area contributed by atoms with Crippen LogP contribution in [0.15, 0.2) is 0 Å². The molecule has 0 spiro atoms. The lowest BCUT2D eigenvalue weighted by Gasteiger charge is -2.41. The van der Waals surface area contributed by atoms with Crippen molar-refractivity contribution in [2.75, 3.05) is 19.7 Å². The SMILES string of the molecule is CCNC1CCCN(C2CCOC(C)C2)C1=O. The van der Waals surface area contributed by atoms with Crippen LogP contribution in [0.25, 0.3) is 0 Å². The maximum absolute atomic E-state index is 12.3. The molecule has 3 unspecified atom stereocenters. The minimum atomic E-state index is 0.0481. The fourth-order valence-electron chi connectivity index (χ4n) is 2.96. The largest absolute Gasteiger partial charge is 0.378 e. The number of carbonyl (C=O) groups is 1. The summed E-state index contributed by atoms with van der Waals surface area (Å²) >= 11 is 0. The van der Waals surface area contributed by atoms with Gasteiger partial charge < -0.3 is 15.0 Å². The topological polar surface area (TPSA) is 41.6 Å². The number of likely N-dealkylation sites (tertiary alicyclic amines) is 1. The van der Waals surface area contributed by atoms with E-state index in [-0.39, 0.29) is 6.04 Å². The van der Waals surface area contributed by atoms with Gasteiger partial charge in [-0.25, -0.2) is 0 Å². The molecule has 17 heavy (non-hydrogen) atoms. The summed E-state index contributed by atoms with van der Waals surface area (Å²) in [4.78, 5) is 14.4. The van der Waals surface area contributed by atoms with E-state index in [1.165, 1.54) is 0 Å². The van der Waals surface area contributed by atoms with Crippen molar-refractivity contribution in [2.45, 2.75) is 57.7 Å². The van der Waals surface area contributed by atoms with Gasteiger partial charge in [0.15, 0.2) is 0 Å². The van der Waals surface area contributed by atoms with E-state index < -0.39 is 0 Å². The molecule has 0 aliphatic carbocycles. The molecular formula is C13H24N2O2. The first-order valence-electron chi connectivity index (χ1n) is 6.87. The highest BCUT2D eigenvalue weighted by Crippen LogP contribution is 2.23. The average Bonchev–Trinajstić information content (AvgIpc) is 2.32. The van der Waals surface area contributed by atoms with Crippen LogP contribution in [0, 0.1) is 0 Å². The first-order valence-corrected chi connectivity index (χ1v) is 6.87. The van der Waals surface area contributed by atoms with Crippen molar-refractivity contribution in [1.29, 1.82) is 0 Å². The second-order valence-electron chi connectivity index (χ2n) is 5.14. The average molecular weight is 240 g/mol. The Morgan fingerprint density at radius 3 is 3.00 bits per heavy atom. The van der Waals surface area contributed by atoms with E-state index in [2.05, 4.69) is 24.1 Å². The molecule has 2 aliphatic heterocycles. The number of hydrogen-bond donors (Lipinski definition) is 1. The summed E-state index contributed by atoms with van der Waals surface area (Å²) in [6.45, 7) is 6.75. The Balaban J connectivity index is 1.96. The molecule has 0 radical (unpaired) electrons. The quantitative estimate of drug-likeness (QED) is 0.804. The Hall–Kier alpha value is -0.610. The third kappa shape index (κ3) is 2.99. The summed E-state index contributed by atoms with van der Waals surface area (Å²) in [5, 5.41) is 3.29. The maximum Gasteiger partial charge on any atom is 0.239 e. The van der Waals surface area contributed by atoms with E-state index in [0.717, 1.165) is 45.4 Å². The van der Waals surface area contributed by atoms with Gasteiger partial charge in [-0.3, -0.25) is 4.79 Å². The van der Waals surface area contributed by atoms with E-state index in [1.807, 2.05) is 0 Å². The number of ether oxygens (including phenoxy) is 1. The van der Waals surface area contributed by atoms with Gasteiger partial charge in [-0.1, -0.05) is 6.92 Å². The number of nitrogens with one attached hydrogen (secondary N) is 1. The molecule has 0 aromatic rings. The molecule has 0 aromatic carbocycles. The normalized spacial score (nSPS) is 35.1. The molecule has 2 aliphatic rings. The Bertz CT molecular complexity index is 268. The van der Waals surface area contributed by atoms with Gasteiger partial charge in [0, 0.05) is 19.2 Å². The Kier molecular flexibility index (Phi) is 4.40. The van der Waals surface area contributed by atoms with E-state index in [0.29, 0.717) is 18.1 Å². The fraction of sp³-hybridized carbons (Fsp3) is 0.923. The molecular weight excluding hydrogens is 216 g/mol. The van der Waals surface area contributed by atoms with Crippen LogP contribution in [0.2, 0.25) is 0 Å². The summed E-state index contributed by atoms with van der Waals surface area (Å²) in [5.74, 6) is 0.303. The monoisotopic (exact) mass is 240 g/mol. The van der Waals surface area contributed by atoms with Crippen molar-refractivity contribution in [2.24, 2.45) is 0 Å². The van der Waals surface area contributed by atoms with Crippen molar-refractivity contribution < 1.29 is 9.53 Å². The van der Waals surface area contributed by atoms with Gasteiger partial charge in [-0.05, 0) is 39.2 Å². The Morgan fingerprint density at radius 1 is 1.47 bits per heavy atom. The van der Waals surface area contributed by atoms with Crippen LogP contribution in [-0.4, -0.2) is 48.7 Å². The number of likely N-dealkylation sites (N-methyl/N-ethyl adjacent to an activating group) is 1. The number of carbonyl (C=O) groups excluding carboxylic acids is 1. The number of amides is 1. The third-order valence-electron chi connectivity index (χ3n) is 3.82. The van der Waals surface area contributed by atoms with E-state index in [4.69, 9.17) is 4.74 Å². The predicted octanol–water partition coefficient (Wildman–Crippen LogP) is 1.15. The smallest absolute Gasteiger partial charge is 0.239 e. The lowest BCUT2D eigenvalue weighted by molar-refractivity contribution is -0.141. The van der Waals surface area contributed by atoms with Gasteiger partial charge in [0.1, 0.15) is 0 Å². The molecule has 2 heterocycles. The van der Waals surface area contributed by atoms with Crippen LogP contribution < -0.4 is 5.32 Å². The fourth-order valence-corrected chi connectivity index (χ4v) is 2.96. The lowest BCUT2D eigenvalue weighted by atomic mass is 9.97. The molecule has 4 heteroatoms. The van der Waals surface area contributed by atoms with Crippen LogP contribution in [0.5, 0.6) is 0 Å². The van der Waals surface area contributed by atoms with Gasteiger partial charge in [-0.15, -0.1) is 0 Å². The highest BCUT2D eigenvalue weighted by molar-refractivity contribution is 5.82. The molecule has 4 nitrogen and oxygen atoms in total. The highest BCUT2D eigenvalue weighted by Gasteiger charge is 2.34. The number of hydrogen-bond acceptors (Lipinski definition) is 3. The first-order chi connectivity index (χ1) is 8.22. The van der Waals surface area contributed by atoms with Crippen LogP contribution >= 0.6 is 0 Å². The minimum Gasteiger partial charge on any atom is -0.378 e. The first kappa shape index (κ1) is 12.8. The van der Waals surface area contributed by atoms with E-state index >= 15 is 0 Å². The molecule has 3 atom stereocenters. The van der Waals surface area contributed by atoms with Gasteiger partial charge in [0.05, 0.1) is 12.1 Å². The van der Waals surface area contributed by atoms with Gasteiger partial charge >= 0.3 is 0 Å². The highest BCUT2D eigenvalue weighted by atomic mass is 16.5. The van der Waals surface area contributed by atoms with Gasteiger partial charge in [0.2, 0.25) is 5.91 Å². The zero-order chi connectivity index (χ0) is 12.3. The molecule has 2 rings (SSSR count). The van der Waals surface area contributed by atoms with Crippen molar-refractivity contribution in [3.63, 3.8) is 0 Å². The molecule has 0 saturated carbocycles. The lowest BCUT2D eigenvalue weighted by Crippen LogP contribution is -2.55.